The summed E-state index contributed by atoms with van der Waals surface area (Å²) in [5, 5.41) is 5.60. The van der Waals surface area contributed by atoms with Gasteiger partial charge >= 0.3 is 0 Å². The van der Waals surface area contributed by atoms with Crippen molar-refractivity contribution in [3.63, 3.8) is 0 Å². The van der Waals surface area contributed by atoms with Gasteiger partial charge in [0.1, 0.15) is 0 Å². The summed E-state index contributed by atoms with van der Waals surface area (Å²) in [5.41, 5.74) is 1.83. The monoisotopic (exact) mass is 277 g/mol. The van der Waals surface area contributed by atoms with Crippen molar-refractivity contribution in [2.75, 3.05) is 31.5 Å². The number of rotatable bonds is 7. The molecule has 2 N–H and O–H groups in total. The Bertz CT molecular complexity index is 460. The third-order valence-corrected chi connectivity index (χ3v) is 2.97. The van der Waals surface area contributed by atoms with Crippen LogP contribution in [0.3, 0.4) is 0 Å². The van der Waals surface area contributed by atoms with E-state index in [-0.39, 0.29) is 24.9 Å². The van der Waals surface area contributed by atoms with Crippen LogP contribution in [0.2, 0.25) is 0 Å². The van der Waals surface area contributed by atoms with Gasteiger partial charge in [-0.2, -0.15) is 0 Å². The summed E-state index contributed by atoms with van der Waals surface area (Å²) in [5.74, 6) is -0.163. The van der Waals surface area contributed by atoms with Gasteiger partial charge in [0, 0.05) is 12.2 Å². The molecule has 5 nitrogen and oxygen atoms in total. The highest BCUT2D eigenvalue weighted by atomic mass is 16.2. The lowest BCUT2D eigenvalue weighted by Crippen LogP contribution is -2.41. The molecule has 1 aromatic carbocycles. The van der Waals surface area contributed by atoms with Crippen molar-refractivity contribution in [2.24, 2.45) is 0 Å². The Balaban J connectivity index is 2.51. The Kier molecular flexibility index (Phi) is 6.73. The Morgan fingerprint density at radius 2 is 1.75 bits per heavy atom. The minimum atomic E-state index is -0.106. The summed E-state index contributed by atoms with van der Waals surface area (Å²) >= 11 is 0. The highest BCUT2D eigenvalue weighted by molar-refractivity contribution is 5.93. The summed E-state index contributed by atoms with van der Waals surface area (Å²) in [4.78, 5) is 25.3. The van der Waals surface area contributed by atoms with Gasteiger partial charge < -0.3 is 10.6 Å². The van der Waals surface area contributed by atoms with Gasteiger partial charge in [0.25, 0.3) is 0 Å². The zero-order valence-corrected chi connectivity index (χ0v) is 12.4. The number of amides is 2. The zero-order chi connectivity index (χ0) is 15.0. The molecular formula is C15H23N3O2. The molecule has 110 valence electrons. The normalized spacial score (nSPS) is 10.4. The number of anilines is 1. The maximum atomic E-state index is 12.0. The number of likely N-dealkylation sites (N-methyl/N-ethyl adjacent to an activating group) is 2. The zero-order valence-electron chi connectivity index (χ0n) is 12.4. The second kappa shape index (κ2) is 8.32. The largest absolute Gasteiger partial charge is 0.355 e. The molecule has 0 bridgehead atoms. The molecule has 0 saturated carbocycles. The van der Waals surface area contributed by atoms with Crippen molar-refractivity contribution < 1.29 is 9.59 Å². The first-order chi connectivity index (χ1) is 9.56. The maximum Gasteiger partial charge on any atom is 0.238 e. The third-order valence-electron chi connectivity index (χ3n) is 2.97. The maximum absolute atomic E-state index is 12.0. The Morgan fingerprint density at radius 3 is 2.35 bits per heavy atom. The van der Waals surface area contributed by atoms with Crippen LogP contribution in [0.25, 0.3) is 0 Å². The van der Waals surface area contributed by atoms with E-state index in [4.69, 9.17) is 0 Å². The molecule has 20 heavy (non-hydrogen) atoms. The highest BCUT2D eigenvalue weighted by Crippen LogP contribution is 2.12. The van der Waals surface area contributed by atoms with E-state index in [1.165, 1.54) is 0 Å². The van der Waals surface area contributed by atoms with Crippen molar-refractivity contribution in [3.05, 3.63) is 29.8 Å². The molecule has 0 atom stereocenters. The average molecular weight is 277 g/mol. The number of carbonyl (C=O) groups is 2. The van der Waals surface area contributed by atoms with Crippen molar-refractivity contribution in [3.8, 4) is 0 Å². The van der Waals surface area contributed by atoms with Crippen LogP contribution in [0.4, 0.5) is 5.69 Å². The van der Waals surface area contributed by atoms with E-state index in [9.17, 15) is 9.59 Å². The van der Waals surface area contributed by atoms with Crippen LogP contribution in [0.5, 0.6) is 0 Å². The lowest BCUT2D eigenvalue weighted by molar-refractivity contribution is -0.123. The number of hydrogen-bond acceptors (Lipinski definition) is 3. The van der Waals surface area contributed by atoms with Gasteiger partial charge in [-0.15, -0.1) is 0 Å². The van der Waals surface area contributed by atoms with Crippen LogP contribution in [-0.4, -0.2) is 42.9 Å². The predicted molar refractivity (Wildman–Crippen MR) is 80.6 cm³/mol. The molecule has 0 heterocycles. The molecule has 1 aromatic rings. The summed E-state index contributed by atoms with van der Waals surface area (Å²) < 4.78 is 0. The molecular weight excluding hydrogens is 254 g/mol. The van der Waals surface area contributed by atoms with Gasteiger partial charge in [-0.25, -0.2) is 0 Å². The number of para-hydroxylation sites is 1. The van der Waals surface area contributed by atoms with Crippen LogP contribution < -0.4 is 10.6 Å². The lowest BCUT2D eigenvalue weighted by atomic mass is 10.2. The first-order valence-corrected chi connectivity index (χ1v) is 6.91. The van der Waals surface area contributed by atoms with E-state index in [2.05, 4.69) is 10.6 Å². The topological polar surface area (TPSA) is 61.4 Å². The van der Waals surface area contributed by atoms with Gasteiger partial charge in [0.05, 0.1) is 13.1 Å². The van der Waals surface area contributed by atoms with E-state index < -0.39 is 0 Å². The Labute approximate surface area is 120 Å². The van der Waals surface area contributed by atoms with Crippen molar-refractivity contribution in [1.82, 2.24) is 10.2 Å². The molecule has 0 aromatic heterocycles. The smallest absolute Gasteiger partial charge is 0.238 e. The predicted octanol–water partition coefficient (Wildman–Crippen LogP) is 1.39. The average Bonchev–Trinajstić information content (AvgIpc) is 2.41. The van der Waals surface area contributed by atoms with Crippen molar-refractivity contribution >= 4 is 17.5 Å². The van der Waals surface area contributed by atoms with Crippen LogP contribution in [0.1, 0.15) is 19.4 Å². The molecule has 2 amide bonds. The van der Waals surface area contributed by atoms with Gasteiger partial charge in [-0.3, -0.25) is 14.5 Å². The second-order valence-corrected chi connectivity index (χ2v) is 4.62. The van der Waals surface area contributed by atoms with Crippen molar-refractivity contribution in [2.45, 2.75) is 20.8 Å². The van der Waals surface area contributed by atoms with Gasteiger partial charge in [-0.1, -0.05) is 25.1 Å². The molecule has 0 fully saturated rings. The number of hydrogen-bond donors (Lipinski definition) is 2. The molecule has 0 radical (unpaired) electrons. The fraction of sp³-hybridized carbons (Fsp3) is 0.467. The van der Waals surface area contributed by atoms with Crippen molar-refractivity contribution in [1.29, 1.82) is 0 Å². The number of aryl methyl sites for hydroxylation is 1. The Morgan fingerprint density at radius 1 is 1.10 bits per heavy atom. The number of benzene rings is 1. The molecule has 0 aliphatic heterocycles. The third kappa shape index (κ3) is 5.40. The standard InChI is InChI=1S/C15H23N3O2/c1-4-16-14(19)10-18(5-2)11-15(20)17-13-9-7-6-8-12(13)3/h6-9H,4-5,10-11H2,1-3H3,(H,16,19)(H,17,20). The molecule has 0 saturated heterocycles. The molecule has 5 heteroatoms. The molecule has 0 unspecified atom stereocenters. The number of nitrogens with one attached hydrogen (secondary N) is 2. The van der Waals surface area contributed by atoms with E-state index in [1.807, 2.05) is 45.0 Å². The highest BCUT2D eigenvalue weighted by Gasteiger charge is 2.13. The quantitative estimate of drug-likeness (QED) is 0.792. The van der Waals surface area contributed by atoms with Crippen LogP contribution >= 0.6 is 0 Å². The lowest BCUT2D eigenvalue weighted by Gasteiger charge is -2.19. The van der Waals surface area contributed by atoms with E-state index >= 15 is 0 Å². The SMILES string of the molecule is CCNC(=O)CN(CC)CC(=O)Nc1ccccc1C. The van der Waals surface area contributed by atoms with E-state index in [1.54, 1.807) is 4.90 Å². The Hall–Kier alpha value is -1.88. The summed E-state index contributed by atoms with van der Waals surface area (Å²) in [7, 11) is 0. The summed E-state index contributed by atoms with van der Waals surface area (Å²) in [6, 6.07) is 7.63. The first kappa shape index (κ1) is 16.2. The van der Waals surface area contributed by atoms with Gasteiger partial charge in [0.15, 0.2) is 0 Å². The minimum Gasteiger partial charge on any atom is -0.355 e. The van der Waals surface area contributed by atoms with Crippen LogP contribution in [0, 0.1) is 6.92 Å². The van der Waals surface area contributed by atoms with E-state index in [0.717, 1.165) is 11.3 Å². The number of carbonyl (C=O) groups excluding carboxylic acids is 2. The van der Waals surface area contributed by atoms with Gasteiger partial charge in [0.2, 0.25) is 11.8 Å². The van der Waals surface area contributed by atoms with E-state index in [0.29, 0.717) is 13.1 Å². The molecule has 1 rings (SSSR count). The molecule has 0 aliphatic rings. The number of nitrogens with zero attached hydrogens (tertiary/aromatic N) is 1. The van der Waals surface area contributed by atoms with Crippen LogP contribution in [0.15, 0.2) is 24.3 Å². The minimum absolute atomic E-state index is 0.0574. The fourth-order valence-electron chi connectivity index (χ4n) is 1.84. The fourth-order valence-corrected chi connectivity index (χ4v) is 1.84. The second-order valence-electron chi connectivity index (χ2n) is 4.62. The molecule has 0 spiro atoms. The van der Waals surface area contributed by atoms with Crippen LogP contribution in [-0.2, 0) is 9.59 Å². The summed E-state index contributed by atoms with van der Waals surface area (Å²) in [6.45, 7) is 7.46. The van der Waals surface area contributed by atoms with Gasteiger partial charge in [-0.05, 0) is 32.0 Å². The molecule has 0 aliphatic carbocycles. The summed E-state index contributed by atoms with van der Waals surface area (Å²) in [6.07, 6.45) is 0. The first-order valence-electron chi connectivity index (χ1n) is 6.91.